The predicted molar refractivity (Wildman–Crippen MR) is 138 cm³/mol. The Kier molecular flexibility index (Phi) is 6.52. The molecule has 1 unspecified atom stereocenters. The van der Waals surface area contributed by atoms with Gasteiger partial charge in [0.1, 0.15) is 11.2 Å². The summed E-state index contributed by atoms with van der Waals surface area (Å²) >= 11 is 6.06. The van der Waals surface area contributed by atoms with Crippen LogP contribution in [0.3, 0.4) is 0 Å². The highest BCUT2D eigenvalue weighted by atomic mass is 35.5. The van der Waals surface area contributed by atoms with Gasteiger partial charge < -0.3 is 5.11 Å². The van der Waals surface area contributed by atoms with Gasteiger partial charge in [-0.15, -0.1) is 5.10 Å². The molecule has 1 aromatic carbocycles. The van der Waals surface area contributed by atoms with Crippen LogP contribution >= 0.6 is 11.6 Å². The van der Waals surface area contributed by atoms with Crippen LogP contribution in [0.2, 0.25) is 5.15 Å². The topological polar surface area (TPSA) is 118 Å². The zero-order valence-electron chi connectivity index (χ0n) is 20.5. The van der Waals surface area contributed by atoms with Crippen LogP contribution in [0.4, 0.5) is 5.69 Å². The van der Waals surface area contributed by atoms with Crippen LogP contribution in [-0.2, 0) is 14.8 Å². The third-order valence-electron chi connectivity index (χ3n) is 5.70. The number of aliphatic carboxylic acids is 1. The number of nitrogens with zero attached hydrogens (tertiary/aromatic N) is 5. The molecule has 3 aromatic heterocycles. The monoisotopic (exact) mass is 527 g/mol. The lowest BCUT2D eigenvalue weighted by Gasteiger charge is -2.37. The summed E-state index contributed by atoms with van der Waals surface area (Å²) in [6.45, 7) is 8.52. The Morgan fingerprint density at radius 3 is 2.33 bits per heavy atom. The van der Waals surface area contributed by atoms with E-state index in [1.165, 1.54) is 12.1 Å². The summed E-state index contributed by atoms with van der Waals surface area (Å²) in [5, 5.41) is 19.2. The molecule has 0 radical (unpaired) electrons. The van der Waals surface area contributed by atoms with E-state index in [-0.39, 0.29) is 15.7 Å². The molecule has 188 valence electrons. The van der Waals surface area contributed by atoms with Crippen molar-refractivity contribution in [2.75, 3.05) is 4.31 Å². The standard InChI is InChI=1S/C25H26ClN5O4S/c1-15-6-9-22(29-28-15)30-11-10-17-13-18(7-8-20(17)30)31(23(24(32)33)25(3,4)5)36(34,35)19-12-16(2)27-21(26)14-19/h6-14,23H,1-5H3,(H,32,33). The number of carboxylic acids is 1. The number of pyridine rings is 1. The van der Waals surface area contributed by atoms with Crippen molar-refractivity contribution in [1.82, 2.24) is 19.7 Å². The van der Waals surface area contributed by atoms with E-state index >= 15 is 0 Å². The van der Waals surface area contributed by atoms with Gasteiger partial charge in [-0.1, -0.05) is 32.4 Å². The van der Waals surface area contributed by atoms with E-state index in [9.17, 15) is 18.3 Å². The van der Waals surface area contributed by atoms with Gasteiger partial charge in [-0.2, -0.15) is 5.10 Å². The summed E-state index contributed by atoms with van der Waals surface area (Å²) in [6, 6.07) is 11.7. The van der Waals surface area contributed by atoms with E-state index in [2.05, 4.69) is 15.2 Å². The van der Waals surface area contributed by atoms with Gasteiger partial charge in [0.05, 0.1) is 21.8 Å². The largest absolute Gasteiger partial charge is 0.480 e. The molecule has 9 nitrogen and oxygen atoms in total. The van der Waals surface area contributed by atoms with Crippen molar-refractivity contribution < 1.29 is 18.3 Å². The molecule has 0 amide bonds. The van der Waals surface area contributed by atoms with Gasteiger partial charge in [0.15, 0.2) is 5.82 Å². The van der Waals surface area contributed by atoms with Gasteiger partial charge in [0, 0.05) is 17.3 Å². The molecule has 3 heterocycles. The quantitative estimate of drug-likeness (QED) is 0.358. The summed E-state index contributed by atoms with van der Waals surface area (Å²) in [5.74, 6) is -0.664. The fourth-order valence-corrected chi connectivity index (χ4v) is 6.29. The second-order valence-electron chi connectivity index (χ2n) is 9.64. The molecule has 0 spiro atoms. The maximum atomic E-state index is 14.0. The van der Waals surface area contributed by atoms with Crippen LogP contribution in [0, 0.1) is 19.3 Å². The van der Waals surface area contributed by atoms with Crippen molar-refractivity contribution in [2.24, 2.45) is 5.41 Å². The molecular formula is C25H26ClN5O4S. The predicted octanol–water partition coefficient (Wildman–Crippen LogP) is 4.78. The van der Waals surface area contributed by atoms with Gasteiger partial charge in [-0.3, -0.25) is 8.87 Å². The number of carbonyl (C=O) groups is 1. The van der Waals surface area contributed by atoms with Gasteiger partial charge in [0.25, 0.3) is 10.0 Å². The van der Waals surface area contributed by atoms with Crippen molar-refractivity contribution in [3.63, 3.8) is 0 Å². The van der Waals surface area contributed by atoms with Crippen LogP contribution in [0.15, 0.2) is 59.6 Å². The Balaban J connectivity index is 1.93. The van der Waals surface area contributed by atoms with Crippen LogP contribution in [0.1, 0.15) is 32.2 Å². The summed E-state index contributed by atoms with van der Waals surface area (Å²) in [7, 11) is -4.35. The molecule has 36 heavy (non-hydrogen) atoms. The maximum absolute atomic E-state index is 14.0. The number of halogens is 1. The van der Waals surface area contributed by atoms with Crippen LogP contribution in [0.5, 0.6) is 0 Å². The molecule has 0 fully saturated rings. The minimum atomic E-state index is -4.35. The second kappa shape index (κ2) is 9.18. The molecule has 11 heteroatoms. The van der Waals surface area contributed by atoms with E-state index in [0.29, 0.717) is 16.9 Å². The highest BCUT2D eigenvalue weighted by Gasteiger charge is 2.43. The zero-order valence-corrected chi connectivity index (χ0v) is 22.0. The number of sulfonamides is 1. The number of rotatable bonds is 6. The molecule has 4 rings (SSSR count). The molecule has 1 atom stereocenters. The number of carboxylic acid groups (broad SMARTS) is 1. The summed E-state index contributed by atoms with van der Waals surface area (Å²) in [5.41, 5.74) is 1.22. The van der Waals surface area contributed by atoms with Crippen molar-refractivity contribution in [2.45, 2.75) is 45.6 Å². The normalized spacial score (nSPS) is 13.1. The smallest absolute Gasteiger partial charge is 0.328 e. The fourth-order valence-electron chi connectivity index (χ4n) is 4.10. The molecule has 0 aliphatic rings. The van der Waals surface area contributed by atoms with Crippen LogP contribution < -0.4 is 4.31 Å². The summed E-state index contributed by atoms with van der Waals surface area (Å²) in [4.78, 5) is 16.4. The Hall–Kier alpha value is -3.50. The molecule has 0 saturated carbocycles. The summed E-state index contributed by atoms with van der Waals surface area (Å²) < 4.78 is 30.7. The van der Waals surface area contributed by atoms with E-state index in [1.807, 2.05) is 29.7 Å². The highest BCUT2D eigenvalue weighted by molar-refractivity contribution is 7.93. The Morgan fingerprint density at radius 1 is 1.03 bits per heavy atom. The highest BCUT2D eigenvalue weighted by Crippen LogP contribution is 2.36. The van der Waals surface area contributed by atoms with Crippen LogP contribution in [-0.4, -0.2) is 45.3 Å². The van der Waals surface area contributed by atoms with E-state index in [1.54, 1.807) is 52.1 Å². The second-order valence-corrected chi connectivity index (χ2v) is 11.8. The number of aryl methyl sites for hydroxylation is 2. The van der Waals surface area contributed by atoms with Gasteiger partial charge in [0.2, 0.25) is 0 Å². The van der Waals surface area contributed by atoms with Crippen LogP contribution in [0.25, 0.3) is 16.7 Å². The Morgan fingerprint density at radius 2 is 1.75 bits per heavy atom. The molecule has 4 aromatic rings. The van der Waals surface area contributed by atoms with Crippen molar-refractivity contribution in [3.8, 4) is 5.82 Å². The third kappa shape index (κ3) is 4.78. The molecule has 0 aliphatic heterocycles. The van der Waals surface area contributed by atoms with E-state index < -0.39 is 27.4 Å². The lowest BCUT2D eigenvalue weighted by molar-refractivity contribution is -0.140. The number of hydrogen-bond donors (Lipinski definition) is 1. The minimum Gasteiger partial charge on any atom is -0.480 e. The van der Waals surface area contributed by atoms with Crippen molar-refractivity contribution in [3.05, 3.63) is 71.3 Å². The lowest BCUT2D eigenvalue weighted by atomic mass is 9.86. The summed E-state index contributed by atoms with van der Waals surface area (Å²) in [6.07, 6.45) is 1.80. The molecule has 1 N–H and O–H groups in total. The Bertz CT molecular complexity index is 1540. The first-order valence-electron chi connectivity index (χ1n) is 11.1. The fraction of sp³-hybridized carbons (Fsp3) is 0.280. The molecule has 0 bridgehead atoms. The number of aromatic nitrogens is 4. The SMILES string of the molecule is Cc1ccc(-n2ccc3cc(N(C(C(=O)O)C(C)(C)C)S(=O)(=O)c4cc(C)nc(Cl)c4)ccc32)nn1. The number of hydrogen-bond acceptors (Lipinski definition) is 6. The third-order valence-corrected chi connectivity index (χ3v) is 7.66. The first kappa shape index (κ1) is 25.6. The van der Waals surface area contributed by atoms with Gasteiger partial charge in [-0.05, 0) is 67.8 Å². The number of benzene rings is 1. The van der Waals surface area contributed by atoms with E-state index in [4.69, 9.17) is 11.6 Å². The van der Waals surface area contributed by atoms with Crippen molar-refractivity contribution in [1.29, 1.82) is 0 Å². The van der Waals surface area contributed by atoms with Crippen molar-refractivity contribution >= 4 is 44.2 Å². The lowest BCUT2D eigenvalue weighted by Crippen LogP contribution is -2.52. The molecular weight excluding hydrogens is 502 g/mol. The van der Waals surface area contributed by atoms with E-state index in [0.717, 1.165) is 15.5 Å². The first-order chi connectivity index (χ1) is 16.8. The average molecular weight is 528 g/mol. The number of fused-ring (bicyclic) bond motifs is 1. The zero-order chi connectivity index (χ0) is 26.4. The number of anilines is 1. The average Bonchev–Trinajstić information content (AvgIpc) is 3.19. The molecule has 0 aliphatic carbocycles. The Labute approximate surface area is 214 Å². The first-order valence-corrected chi connectivity index (χ1v) is 12.9. The maximum Gasteiger partial charge on any atom is 0.328 e. The molecule has 0 saturated heterocycles. The van der Waals surface area contributed by atoms with Gasteiger partial charge in [-0.25, -0.2) is 18.2 Å². The van der Waals surface area contributed by atoms with Gasteiger partial charge >= 0.3 is 5.97 Å². The minimum absolute atomic E-state index is 0.00268.